The summed E-state index contributed by atoms with van der Waals surface area (Å²) in [6.45, 7) is 1.40. The molecule has 3 unspecified atom stereocenters. The summed E-state index contributed by atoms with van der Waals surface area (Å²) < 4.78 is 68.1. The Balaban J connectivity index is 1.66. The van der Waals surface area contributed by atoms with Gasteiger partial charge in [-0.05, 0) is 19.1 Å². The average Bonchev–Trinajstić information content (AvgIpc) is 3.06. The molecule has 1 aromatic heterocycles. The number of aromatic nitrogens is 2. The van der Waals surface area contributed by atoms with Crippen molar-refractivity contribution in [1.82, 2.24) is 15.5 Å². The van der Waals surface area contributed by atoms with E-state index in [1.807, 2.05) is 0 Å². The van der Waals surface area contributed by atoms with Crippen LogP contribution in [-0.2, 0) is 9.59 Å². The first-order valence-corrected chi connectivity index (χ1v) is 10.1. The molecule has 0 radical (unpaired) electrons. The van der Waals surface area contributed by atoms with E-state index in [0.29, 0.717) is 11.5 Å². The van der Waals surface area contributed by atoms with E-state index in [1.165, 1.54) is 13.0 Å². The largest absolute Gasteiger partial charge is 0.416 e. The molecule has 0 saturated heterocycles. The van der Waals surface area contributed by atoms with Gasteiger partial charge in [0.25, 0.3) is 5.91 Å². The first-order valence-electron chi connectivity index (χ1n) is 9.72. The zero-order valence-corrected chi connectivity index (χ0v) is 17.6. The molecular weight excluding hydrogens is 471 g/mol. The van der Waals surface area contributed by atoms with Crippen molar-refractivity contribution in [3.05, 3.63) is 58.2 Å². The summed E-state index contributed by atoms with van der Waals surface area (Å²) in [4.78, 5) is 25.2. The summed E-state index contributed by atoms with van der Waals surface area (Å²) in [6.07, 6.45) is -4.99. The van der Waals surface area contributed by atoms with E-state index >= 15 is 0 Å². The van der Waals surface area contributed by atoms with Gasteiger partial charge in [-0.25, -0.2) is 8.78 Å². The van der Waals surface area contributed by atoms with Crippen LogP contribution in [0.4, 0.5) is 27.6 Å². The van der Waals surface area contributed by atoms with Crippen molar-refractivity contribution in [1.29, 1.82) is 0 Å². The Hall–Kier alpha value is -3.21. The molecule has 2 aromatic rings. The van der Waals surface area contributed by atoms with E-state index in [0.717, 1.165) is 18.2 Å². The molecule has 0 saturated carbocycles. The summed E-state index contributed by atoms with van der Waals surface area (Å²) in [5, 5.41) is 11.6. The number of hydrogen-bond acceptors (Lipinski definition) is 3. The van der Waals surface area contributed by atoms with E-state index in [2.05, 4.69) is 20.8 Å². The summed E-state index contributed by atoms with van der Waals surface area (Å²) in [7, 11) is 0. The minimum absolute atomic E-state index is 0.0615. The number of anilines is 1. The minimum atomic E-state index is -4.73. The maximum absolute atomic E-state index is 14.8. The first kappa shape index (κ1) is 23.0. The molecule has 12 heteroatoms. The van der Waals surface area contributed by atoms with Crippen LogP contribution in [0.15, 0.2) is 47.2 Å². The quantitative estimate of drug-likeness (QED) is 0.549. The second-order valence-corrected chi connectivity index (χ2v) is 8.12. The van der Waals surface area contributed by atoms with E-state index < -0.39 is 47.4 Å². The SMILES string of the molecule is CC1=C(C(=O)Nc2cc3c(Cl)[nH]nc3cc2F)C(C2C=CC(C(F)(F)F)=CC2F)CC(=O)N1. The van der Waals surface area contributed by atoms with Crippen molar-refractivity contribution in [3.8, 4) is 0 Å². The Kier molecular flexibility index (Phi) is 5.77. The molecule has 2 amide bonds. The maximum Gasteiger partial charge on any atom is 0.416 e. The van der Waals surface area contributed by atoms with Crippen LogP contribution < -0.4 is 10.6 Å². The highest BCUT2D eigenvalue weighted by Crippen LogP contribution is 2.40. The van der Waals surface area contributed by atoms with Gasteiger partial charge in [0.1, 0.15) is 17.1 Å². The molecule has 33 heavy (non-hydrogen) atoms. The van der Waals surface area contributed by atoms with Gasteiger partial charge in [-0.2, -0.15) is 18.3 Å². The molecule has 1 aliphatic heterocycles. The molecule has 174 valence electrons. The molecule has 1 aliphatic carbocycles. The summed E-state index contributed by atoms with van der Waals surface area (Å²) in [5.74, 6) is -4.43. The fourth-order valence-electron chi connectivity index (χ4n) is 4.06. The molecule has 3 N–H and O–H groups in total. The highest BCUT2D eigenvalue weighted by Gasteiger charge is 2.42. The van der Waals surface area contributed by atoms with Gasteiger partial charge in [0.2, 0.25) is 5.91 Å². The zero-order chi connectivity index (χ0) is 24.1. The Morgan fingerprint density at radius 2 is 2.03 bits per heavy atom. The molecule has 6 nitrogen and oxygen atoms in total. The lowest BCUT2D eigenvalue weighted by molar-refractivity contribution is -0.122. The van der Waals surface area contributed by atoms with Gasteiger partial charge in [-0.15, -0.1) is 0 Å². The lowest BCUT2D eigenvalue weighted by Gasteiger charge is -2.34. The van der Waals surface area contributed by atoms with E-state index in [9.17, 15) is 31.5 Å². The molecule has 0 fully saturated rings. The third-order valence-electron chi connectivity index (χ3n) is 5.59. The predicted molar refractivity (Wildman–Crippen MR) is 110 cm³/mol. The van der Waals surface area contributed by atoms with Gasteiger partial charge < -0.3 is 10.6 Å². The Bertz CT molecular complexity index is 1250. The number of hydrogen-bond donors (Lipinski definition) is 3. The predicted octanol–water partition coefficient (Wildman–Crippen LogP) is 4.72. The standard InChI is InChI=1S/C21H16ClF5N4O2/c1-8-18(20(33)29-16-5-12-15(7-14(16)24)30-31-19(12)22)11(6-17(32)28-8)10-3-2-9(4-13(10)23)21(25,26)27/h2-5,7,10-11,13H,6H2,1H3,(H,28,32)(H,29,33)(H,30,31). The third kappa shape index (κ3) is 4.37. The number of nitrogens with zero attached hydrogens (tertiary/aromatic N) is 1. The number of allylic oxidation sites excluding steroid dienone is 5. The highest BCUT2D eigenvalue weighted by atomic mass is 35.5. The highest BCUT2D eigenvalue weighted by molar-refractivity contribution is 6.34. The van der Waals surface area contributed by atoms with Gasteiger partial charge >= 0.3 is 6.18 Å². The zero-order valence-electron chi connectivity index (χ0n) is 16.9. The number of amides is 2. The lowest BCUT2D eigenvalue weighted by atomic mass is 9.75. The Morgan fingerprint density at radius 3 is 2.70 bits per heavy atom. The van der Waals surface area contributed by atoms with Crippen LogP contribution in [0.5, 0.6) is 0 Å². The van der Waals surface area contributed by atoms with E-state index in [1.54, 1.807) is 0 Å². The molecule has 4 rings (SSSR count). The molecule has 2 heterocycles. The van der Waals surface area contributed by atoms with Gasteiger partial charge in [0.15, 0.2) is 0 Å². The monoisotopic (exact) mass is 486 g/mol. The van der Waals surface area contributed by atoms with Gasteiger partial charge in [-0.3, -0.25) is 14.7 Å². The Morgan fingerprint density at radius 1 is 1.30 bits per heavy atom. The number of carbonyl (C=O) groups is 2. The molecule has 0 spiro atoms. The van der Waals surface area contributed by atoms with E-state index in [-0.39, 0.29) is 34.0 Å². The second-order valence-electron chi connectivity index (χ2n) is 7.74. The smallest absolute Gasteiger partial charge is 0.330 e. The topological polar surface area (TPSA) is 86.9 Å². The number of carbonyl (C=O) groups excluding carboxylic acids is 2. The first-order chi connectivity index (χ1) is 15.5. The van der Waals surface area contributed by atoms with Crippen molar-refractivity contribution in [2.75, 3.05) is 5.32 Å². The fraction of sp³-hybridized carbons (Fsp3) is 0.286. The van der Waals surface area contributed by atoms with Crippen molar-refractivity contribution in [2.24, 2.45) is 11.8 Å². The van der Waals surface area contributed by atoms with Crippen LogP contribution in [0, 0.1) is 17.7 Å². The number of fused-ring (bicyclic) bond motifs is 1. The number of rotatable bonds is 3. The number of nitrogens with one attached hydrogen (secondary N) is 3. The number of benzene rings is 1. The second kappa shape index (κ2) is 8.29. The number of halogens is 6. The van der Waals surface area contributed by atoms with Gasteiger partial charge in [0, 0.05) is 41.0 Å². The van der Waals surface area contributed by atoms with Crippen molar-refractivity contribution in [3.63, 3.8) is 0 Å². The molecule has 2 aliphatic rings. The van der Waals surface area contributed by atoms with E-state index in [4.69, 9.17) is 11.6 Å². The normalized spacial score (nSPS) is 23.5. The van der Waals surface area contributed by atoms with Crippen LogP contribution in [0.1, 0.15) is 13.3 Å². The summed E-state index contributed by atoms with van der Waals surface area (Å²) in [6, 6.07) is 2.32. The molecule has 1 aromatic carbocycles. The van der Waals surface area contributed by atoms with Gasteiger partial charge in [0.05, 0.1) is 16.8 Å². The van der Waals surface area contributed by atoms with Crippen LogP contribution in [0.25, 0.3) is 10.9 Å². The molecule has 3 atom stereocenters. The van der Waals surface area contributed by atoms with Crippen LogP contribution >= 0.6 is 11.6 Å². The van der Waals surface area contributed by atoms with Crippen LogP contribution in [0.3, 0.4) is 0 Å². The fourth-order valence-corrected chi connectivity index (χ4v) is 4.26. The van der Waals surface area contributed by atoms with Crippen molar-refractivity contribution < 1.29 is 31.5 Å². The number of alkyl halides is 4. The average molecular weight is 487 g/mol. The third-order valence-corrected chi connectivity index (χ3v) is 5.88. The Labute approximate surface area is 188 Å². The van der Waals surface area contributed by atoms with Gasteiger partial charge in [-0.1, -0.05) is 23.8 Å². The van der Waals surface area contributed by atoms with Crippen molar-refractivity contribution in [2.45, 2.75) is 25.7 Å². The van der Waals surface area contributed by atoms with Crippen LogP contribution in [0.2, 0.25) is 5.15 Å². The summed E-state index contributed by atoms with van der Waals surface area (Å²) in [5.41, 5.74) is -1.11. The summed E-state index contributed by atoms with van der Waals surface area (Å²) >= 11 is 5.96. The van der Waals surface area contributed by atoms with Crippen molar-refractivity contribution >= 4 is 40.0 Å². The molecule has 0 bridgehead atoms. The number of aromatic amines is 1. The number of H-pyrrole nitrogens is 1. The molecular formula is C21H16ClF5N4O2. The minimum Gasteiger partial charge on any atom is -0.330 e. The van der Waals surface area contributed by atoms with Crippen LogP contribution in [-0.4, -0.2) is 34.4 Å². The maximum atomic E-state index is 14.8. The lowest BCUT2D eigenvalue weighted by Crippen LogP contribution is -2.41.